The van der Waals surface area contributed by atoms with E-state index in [9.17, 15) is 0 Å². The van der Waals surface area contributed by atoms with Crippen LogP contribution in [0, 0.1) is 0 Å². The summed E-state index contributed by atoms with van der Waals surface area (Å²) in [4.78, 5) is 8.30. The number of benzene rings is 1. The molecule has 0 radical (unpaired) electrons. The molecule has 0 spiro atoms. The number of hydrogen-bond acceptors (Lipinski definition) is 3. The van der Waals surface area contributed by atoms with Gasteiger partial charge in [0.15, 0.2) is 0 Å². The first-order valence-electron chi connectivity index (χ1n) is 5.40. The molecule has 17 heavy (non-hydrogen) atoms. The van der Waals surface area contributed by atoms with Crippen LogP contribution < -0.4 is 4.74 Å². The van der Waals surface area contributed by atoms with Gasteiger partial charge in [-0.05, 0) is 30.7 Å². The lowest BCUT2D eigenvalue weighted by Crippen LogP contribution is -1.95. The molecule has 0 saturated heterocycles. The molecule has 0 amide bonds. The third-order valence-electron chi connectivity index (χ3n) is 2.61. The first-order valence-corrected chi connectivity index (χ1v) is 5.77. The number of nitrogens with zero attached hydrogens (tertiary/aromatic N) is 2. The Morgan fingerprint density at radius 2 is 1.88 bits per heavy atom. The maximum Gasteiger partial charge on any atom is 0.136 e. The molecular weight excluding hydrogens is 236 g/mol. The van der Waals surface area contributed by atoms with Crippen LogP contribution in [0.1, 0.15) is 12.5 Å². The highest BCUT2D eigenvalue weighted by molar-refractivity contribution is 6.30. The minimum Gasteiger partial charge on any atom is -0.497 e. The first kappa shape index (κ1) is 11.9. The Morgan fingerprint density at radius 3 is 2.47 bits per heavy atom. The SMILES string of the molecule is CCc1c(Cl)ncnc1-c1ccc(OC)cc1. The number of halogens is 1. The molecule has 1 aromatic heterocycles. The zero-order valence-corrected chi connectivity index (χ0v) is 10.5. The van der Waals surface area contributed by atoms with Crippen LogP contribution in [-0.2, 0) is 6.42 Å². The molecule has 0 atom stereocenters. The summed E-state index contributed by atoms with van der Waals surface area (Å²) < 4.78 is 5.13. The standard InChI is InChI=1S/C13H13ClN2O/c1-3-11-12(15-8-16-13(11)14)9-4-6-10(17-2)7-5-9/h4-8H,3H2,1-2H3. The molecule has 0 aliphatic heterocycles. The quantitative estimate of drug-likeness (QED) is 0.782. The fourth-order valence-electron chi connectivity index (χ4n) is 1.70. The largest absolute Gasteiger partial charge is 0.497 e. The van der Waals surface area contributed by atoms with E-state index in [1.807, 2.05) is 31.2 Å². The van der Waals surface area contributed by atoms with Crippen molar-refractivity contribution in [2.75, 3.05) is 7.11 Å². The van der Waals surface area contributed by atoms with Gasteiger partial charge in [-0.25, -0.2) is 9.97 Å². The van der Waals surface area contributed by atoms with Gasteiger partial charge in [0.2, 0.25) is 0 Å². The molecule has 0 bridgehead atoms. The average Bonchev–Trinajstić information content (AvgIpc) is 2.38. The molecular formula is C13H13ClN2O. The van der Waals surface area contributed by atoms with Gasteiger partial charge in [0.25, 0.3) is 0 Å². The summed E-state index contributed by atoms with van der Waals surface area (Å²) in [7, 11) is 1.65. The zero-order valence-electron chi connectivity index (χ0n) is 9.77. The highest BCUT2D eigenvalue weighted by Crippen LogP contribution is 2.27. The van der Waals surface area contributed by atoms with Crippen LogP contribution in [0.15, 0.2) is 30.6 Å². The van der Waals surface area contributed by atoms with Gasteiger partial charge in [0.1, 0.15) is 17.2 Å². The summed E-state index contributed by atoms with van der Waals surface area (Å²) in [5.41, 5.74) is 2.88. The van der Waals surface area contributed by atoms with Gasteiger partial charge in [-0.3, -0.25) is 0 Å². The summed E-state index contributed by atoms with van der Waals surface area (Å²) in [6, 6.07) is 7.75. The van der Waals surface area contributed by atoms with Crippen molar-refractivity contribution in [3.8, 4) is 17.0 Å². The monoisotopic (exact) mass is 248 g/mol. The second-order valence-corrected chi connectivity index (χ2v) is 3.93. The minimum absolute atomic E-state index is 0.522. The van der Waals surface area contributed by atoms with E-state index < -0.39 is 0 Å². The van der Waals surface area contributed by atoms with E-state index in [1.165, 1.54) is 6.33 Å². The highest BCUT2D eigenvalue weighted by atomic mass is 35.5. The van der Waals surface area contributed by atoms with Crippen molar-refractivity contribution in [2.45, 2.75) is 13.3 Å². The molecule has 2 rings (SSSR count). The van der Waals surface area contributed by atoms with Crippen LogP contribution in [0.4, 0.5) is 0 Å². The van der Waals surface area contributed by atoms with E-state index in [0.29, 0.717) is 5.15 Å². The molecule has 0 saturated carbocycles. The van der Waals surface area contributed by atoms with Crippen LogP contribution in [0.5, 0.6) is 5.75 Å². The second kappa shape index (κ2) is 5.15. The van der Waals surface area contributed by atoms with E-state index >= 15 is 0 Å². The molecule has 88 valence electrons. The smallest absolute Gasteiger partial charge is 0.136 e. The third kappa shape index (κ3) is 2.39. The van der Waals surface area contributed by atoms with Crippen molar-refractivity contribution in [1.29, 1.82) is 0 Å². The highest BCUT2D eigenvalue weighted by Gasteiger charge is 2.09. The van der Waals surface area contributed by atoms with Gasteiger partial charge in [0, 0.05) is 11.1 Å². The van der Waals surface area contributed by atoms with E-state index in [2.05, 4.69) is 9.97 Å². The number of hydrogen-bond donors (Lipinski definition) is 0. The predicted octanol–water partition coefficient (Wildman–Crippen LogP) is 3.37. The van der Waals surface area contributed by atoms with E-state index in [4.69, 9.17) is 16.3 Å². The summed E-state index contributed by atoms with van der Waals surface area (Å²) in [5, 5.41) is 0.522. The van der Waals surface area contributed by atoms with Crippen LogP contribution in [0.3, 0.4) is 0 Å². The van der Waals surface area contributed by atoms with Gasteiger partial charge in [-0.2, -0.15) is 0 Å². The molecule has 1 heterocycles. The van der Waals surface area contributed by atoms with Crippen LogP contribution in [0.2, 0.25) is 5.15 Å². The Kier molecular flexibility index (Phi) is 3.59. The number of ether oxygens (including phenoxy) is 1. The zero-order chi connectivity index (χ0) is 12.3. The topological polar surface area (TPSA) is 35.0 Å². The lowest BCUT2D eigenvalue weighted by atomic mass is 10.1. The Hall–Kier alpha value is -1.61. The fraction of sp³-hybridized carbons (Fsp3) is 0.231. The Morgan fingerprint density at radius 1 is 1.18 bits per heavy atom. The van der Waals surface area contributed by atoms with Crippen LogP contribution in [-0.4, -0.2) is 17.1 Å². The normalized spacial score (nSPS) is 10.3. The lowest BCUT2D eigenvalue weighted by molar-refractivity contribution is 0.415. The molecule has 0 aliphatic carbocycles. The van der Waals surface area contributed by atoms with Crippen molar-refractivity contribution in [1.82, 2.24) is 9.97 Å². The molecule has 0 unspecified atom stereocenters. The Labute approximate surface area is 105 Å². The fourth-order valence-corrected chi connectivity index (χ4v) is 1.97. The van der Waals surface area contributed by atoms with Gasteiger partial charge in [-0.1, -0.05) is 18.5 Å². The maximum atomic E-state index is 6.06. The van der Waals surface area contributed by atoms with Gasteiger partial charge in [0.05, 0.1) is 12.8 Å². The predicted molar refractivity (Wildman–Crippen MR) is 68.4 cm³/mol. The molecule has 2 aromatic rings. The third-order valence-corrected chi connectivity index (χ3v) is 2.94. The summed E-state index contributed by atoms with van der Waals surface area (Å²) in [6.45, 7) is 2.04. The summed E-state index contributed by atoms with van der Waals surface area (Å²) in [6.07, 6.45) is 2.29. The molecule has 0 N–H and O–H groups in total. The maximum absolute atomic E-state index is 6.06. The Bertz CT molecular complexity index is 511. The van der Waals surface area contributed by atoms with Gasteiger partial charge in [-0.15, -0.1) is 0 Å². The van der Waals surface area contributed by atoms with Crippen molar-refractivity contribution in [3.05, 3.63) is 41.3 Å². The number of methoxy groups -OCH3 is 1. The number of aromatic nitrogens is 2. The summed E-state index contributed by atoms with van der Waals surface area (Å²) in [5.74, 6) is 0.826. The summed E-state index contributed by atoms with van der Waals surface area (Å²) >= 11 is 6.06. The minimum atomic E-state index is 0.522. The van der Waals surface area contributed by atoms with Crippen molar-refractivity contribution in [2.24, 2.45) is 0 Å². The Balaban J connectivity index is 2.48. The van der Waals surface area contributed by atoms with Crippen LogP contribution >= 0.6 is 11.6 Å². The van der Waals surface area contributed by atoms with E-state index in [1.54, 1.807) is 7.11 Å². The van der Waals surface area contributed by atoms with Gasteiger partial charge >= 0.3 is 0 Å². The first-order chi connectivity index (χ1) is 8.26. The second-order valence-electron chi connectivity index (χ2n) is 3.57. The molecule has 1 aromatic carbocycles. The van der Waals surface area contributed by atoms with Gasteiger partial charge < -0.3 is 4.74 Å². The molecule has 0 fully saturated rings. The number of rotatable bonds is 3. The lowest BCUT2D eigenvalue weighted by Gasteiger charge is -2.08. The van der Waals surface area contributed by atoms with E-state index in [0.717, 1.165) is 29.0 Å². The van der Waals surface area contributed by atoms with E-state index in [-0.39, 0.29) is 0 Å². The van der Waals surface area contributed by atoms with Crippen molar-refractivity contribution >= 4 is 11.6 Å². The van der Waals surface area contributed by atoms with Crippen LogP contribution in [0.25, 0.3) is 11.3 Å². The molecule has 4 heteroatoms. The molecule has 0 aliphatic rings. The average molecular weight is 249 g/mol. The van der Waals surface area contributed by atoms with Crippen molar-refractivity contribution in [3.63, 3.8) is 0 Å². The molecule has 3 nitrogen and oxygen atoms in total. The van der Waals surface area contributed by atoms with Crippen molar-refractivity contribution < 1.29 is 4.74 Å².